The molecule has 10 nitrogen and oxygen atoms in total. The monoisotopic (exact) mass is 384 g/mol. The van der Waals surface area contributed by atoms with Crippen LogP contribution in [0.2, 0.25) is 0 Å². The third-order valence-corrected chi connectivity index (χ3v) is 0.302. The van der Waals surface area contributed by atoms with E-state index < -0.39 is 21.6 Å². The van der Waals surface area contributed by atoms with Crippen LogP contribution < -0.4 is 29.4 Å². The molecule has 0 heterocycles. The van der Waals surface area contributed by atoms with Gasteiger partial charge < -0.3 is 43.6 Å². The van der Waals surface area contributed by atoms with E-state index in [2.05, 4.69) is 0 Å². The van der Waals surface area contributed by atoms with Crippen LogP contribution in [-0.4, -0.2) is 124 Å². The van der Waals surface area contributed by atoms with Gasteiger partial charge in [-0.2, -0.15) is 15.6 Å². The number of carbonyl (C=O) groups is 1. The molecule has 0 aromatic rings. The van der Waals surface area contributed by atoms with E-state index in [-0.39, 0.29) is 120 Å². The summed E-state index contributed by atoms with van der Waals surface area (Å²) in [5.74, 6) is -0.745. The number of rotatable bonds is 1. The first-order chi connectivity index (χ1) is 6.27. The zero-order valence-corrected chi connectivity index (χ0v) is 17.8. The minimum atomic E-state index is -5.39. The Bertz CT molecular complexity index is 223. The van der Waals surface area contributed by atoms with Crippen molar-refractivity contribution in [3.63, 3.8) is 0 Å². The van der Waals surface area contributed by atoms with Crippen molar-refractivity contribution in [1.29, 1.82) is 0 Å². The average molecular weight is 384 g/mol. The van der Waals surface area contributed by atoms with Gasteiger partial charge in [0, 0.05) is 6.42 Å². The van der Waals surface area contributed by atoms with Crippen molar-refractivity contribution >= 4 is 135 Å². The van der Waals surface area contributed by atoms with E-state index in [1.165, 1.54) is 0 Å². The molecule has 0 rings (SSSR count). The Morgan fingerprint density at radius 3 is 0.944 bits per heavy atom. The van der Waals surface area contributed by atoms with Crippen LogP contribution >= 0.6 is 15.6 Å². The zero-order valence-electron chi connectivity index (χ0n) is 9.34. The number of aliphatic carboxylic acids is 1. The Labute approximate surface area is 193 Å². The minimum absolute atomic E-state index is 0. The molecule has 0 spiro atoms. The van der Waals surface area contributed by atoms with E-state index in [9.17, 15) is 4.79 Å². The summed E-state index contributed by atoms with van der Waals surface area (Å²) in [5, 5.41) is 7.72. The summed E-state index contributed by atoms with van der Waals surface area (Å²) in [6, 6.07) is 0. The van der Waals surface area contributed by atoms with Crippen LogP contribution in [0.5, 0.6) is 0 Å². The van der Waals surface area contributed by atoms with E-state index in [1.54, 1.807) is 6.92 Å². The molecule has 18 heavy (non-hydrogen) atoms. The summed E-state index contributed by atoms with van der Waals surface area (Å²) in [6.45, 7) is 1.60. The molecule has 0 aromatic carbocycles. The topological polar surface area (TPSA) is 210 Å². The Hall–Kier alpha value is 3.47. The summed E-state index contributed by atoms with van der Waals surface area (Å²) in [4.78, 5) is 60.7. The number of carboxylic acids is 1. The van der Waals surface area contributed by atoms with Crippen LogP contribution in [0.25, 0.3) is 0 Å². The second-order valence-corrected chi connectivity index (χ2v) is 3.43. The van der Waals surface area contributed by atoms with Gasteiger partial charge in [0.2, 0.25) is 0 Å². The van der Waals surface area contributed by atoms with Crippen molar-refractivity contribution < 1.29 is 48.4 Å². The normalized spacial score (nSPS) is 8.61. The number of hydrogen-bond donors (Lipinski definition) is 1. The van der Waals surface area contributed by atoms with Crippen molar-refractivity contribution in [2.24, 2.45) is 0 Å². The van der Waals surface area contributed by atoms with Crippen molar-refractivity contribution in [3.05, 3.63) is 0 Å². The number of carboxylic acid groups (broad SMARTS) is 1. The molecule has 94 valence electrons. The molecule has 0 radical (unpaired) electrons. The first-order valence-electron chi connectivity index (χ1n) is 2.95. The fraction of sp³-hybridized carbons (Fsp3) is 0.667. The minimum Gasteiger partial charge on any atom is -0.822 e. The van der Waals surface area contributed by atoms with Gasteiger partial charge in [0.25, 0.3) is 0 Å². The van der Waals surface area contributed by atoms with E-state index in [4.69, 9.17) is 43.6 Å². The second kappa shape index (κ2) is 20.5. The van der Waals surface area contributed by atoms with E-state index in [0.29, 0.717) is 0 Å². The summed E-state index contributed by atoms with van der Waals surface area (Å²) >= 11 is 0. The summed E-state index contributed by atoms with van der Waals surface area (Å²) in [6.07, 6.45) is 0.222. The fourth-order valence-electron chi connectivity index (χ4n) is 0. The molecule has 0 unspecified atom stereocenters. The molecule has 0 aliphatic heterocycles. The van der Waals surface area contributed by atoms with Crippen LogP contribution in [0.4, 0.5) is 0 Å². The molecular weight excluding hydrogens is 378 g/mol. The first kappa shape index (κ1) is 37.6. The van der Waals surface area contributed by atoms with Gasteiger partial charge >= 0.3 is 119 Å². The van der Waals surface area contributed by atoms with Gasteiger partial charge in [-0.25, -0.2) is 0 Å². The van der Waals surface area contributed by atoms with Gasteiger partial charge in [-0.15, -0.1) is 0 Å². The Morgan fingerprint density at radius 1 is 0.889 bits per heavy atom. The first-order valence-corrected chi connectivity index (χ1v) is 5.87. The quantitative estimate of drug-likeness (QED) is 0.333. The average Bonchev–Trinajstić information content (AvgIpc) is 1.79. The Kier molecular flexibility index (Phi) is 42.7. The maximum atomic E-state index is 9.37. The molecule has 0 atom stereocenters. The Balaban J connectivity index is -0.0000000277. The van der Waals surface area contributed by atoms with Gasteiger partial charge in [-0.05, 0) is 0 Å². The van der Waals surface area contributed by atoms with Crippen LogP contribution in [0.15, 0.2) is 0 Å². The van der Waals surface area contributed by atoms with Gasteiger partial charge in [-0.1, -0.05) is 6.92 Å². The summed E-state index contributed by atoms with van der Waals surface area (Å²) in [5.41, 5.74) is 0. The molecule has 0 aliphatic carbocycles. The van der Waals surface area contributed by atoms with Crippen LogP contribution in [0, 0.1) is 0 Å². The third kappa shape index (κ3) is 222. The molecule has 0 saturated carbocycles. The third-order valence-electron chi connectivity index (χ3n) is 0.302. The molecule has 0 saturated heterocycles. The molecule has 1 N–H and O–H groups in total. The standard InChI is InChI=1S/C3H6O2.3Ca.2H3O4P/c1-2-3(4)5;;;;2*1-5(2,3)4/h2H2,1H3,(H,4,5);;;;2*(H3,1,2,3,4)/q;3*+2;;/p-6. The second-order valence-electron chi connectivity index (χ2n) is 1.64. The smallest absolute Gasteiger partial charge is 0.822 e. The van der Waals surface area contributed by atoms with Crippen molar-refractivity contribution in [1.82, 2.24) is 0 Å². The summed E-state index contributed by atoms with van der Waals surface area (Å²) in [7, 11) is -10.8. The molecular formula is C3H6Ca3O10P2. The van der Waals surface area contributed by atoms with Crippen LogP contribution in [-0.2, 0) is 13.9 Å². The largest absolute Gasteiger partial charge is 2.00 e. The number of phosphoric acid groups is 2. The predicted octanol–water partition coefficient (Wildman–Crippen LogP) is -6.31. The Morgan fingerprint density at radius 2 is 0.944 bits per heavy atom. The molecule has 0 aromatic heterocycles. The molecule has 15 heteroatoms. The van der Waals surface area contributed by atoms with E-state index in [1.807, 2.05) is 0 Å². The van der Waals surface area contributed by atoms with Crippen molar-refractivity contribution in [2.45, 2.75) is 13.3 Å². The van der Waals surface area contributed by atoms with Gasteiger partial charge in [0.1, 0.15) is 0 Å². The number of hydrogen-bond acceptors (Lipinski definition) is 9. The van der Waals surface area contributed by atoms with Crippen LogP contribution in [0.3, 0.4) is 0 Å². The van der Waals surface area contributed by atoms with Gasteiger partial charge in [0.15, 0.2) is 0 Å². The van der Waals surface area contributed by atoms with E-state index >= 15 is 0 Å². The predicted molar refractivity (Wildman–Crippen MR) is 50.4 cm³/mol. The maximum Gasteiger partial charge on any atom is 2.00 e. The molecule has 0 amide bonds. The SMILES string of the molecule is CCC(=O)O.O=P([O-])([O-])[O-].O=P([O-])([O-])[O-].[Ca+2].[Ca+2].[Ca+2]. The van der Waals surface area contributed by atoms with Gasteiger partial charge in [0.05, 0.1) is 0 Å². The summed E-state index contributed by atoms with van der Waals surface area (Å²) < 4.78 is 17.1. The van der Waals surface area contributed by atoms with Crippen molar-refractivity contribution in [3.8, 4) is 0 Å². The van der Waals surface area contributed by atoms with E-state index in [0.717, 1.165) is 0 Å². The van der Waals surface area contributed by atoms with Crippen LogP contribution in [0.1, 0.15) is 13.3 Å². The molecule has 0 fully saturated rings. The zero-order chi connectivity index (χ0) is 13.3. The molecule has 0 aliphatic rings. The van der Waals surface area contributed by atoms with Crippen molar-refractivity contribution in [2.75, 3.05) is 0 Å². The maximum absolute atomic E-state index is 9.37. The van der Waals surface area contributed by atoms with Gasteiger partial charge in [-0.3, -0.25) is 4.79 Å². The molecule has 0 bridgehead atoms. The fourth-order valence-corrected chi connectivity index (χ4v) is 0.